The van der Waals surface area contributed by atoms with Crippen molar-refractivity contribution < 1.29 is 19.3 Å². The van der Waals surface area contributed by atoms with Crippen LogP contribution >= 0.6 is 0 Å². The molecule has 1 aliphatic rings. The van der Waals surface area contributed by atoms with Crippen LogP contribution in [0, 0.1) is 0 Å². The van der Waals surface area contributed by atoms with E-state index < -0.39 is 11.9 Å². The highest BCUT2D eigenvalue weighted by molar-refractivity contribution is 6.03. The quantitative estimate of drug-likeness (QED) is 0.0485. The predicted octanol–water partition coefficient (Wildman–Crippen LogP) is 11.4. The van der Waals surface area contributed by atoms with Gasteiger partial charge in [0, 0.05) is 5.41 Å². The van der Waals surface area contributed by atoms with Crippen LogP contribution in [0.5, 0.6) is 0 Å². The summed E-state index contributed by atoms with van der Waals surface area (Å²) in [6.45, 7) is 8.59. The largest absolute Gasteiger partial charge is 0.365 e. The van der Waals surface area contributed by atoms with Gasteiger partial charge in [0.2, 0.25) is 0 Å². The van der Waals surface area contributed by atoms with Gasteiger partial charge in [0.15, 0.2) is 0 Å². The third-order valence-corrected chi connectivity index (χ3v) is 9.82. The molecule has 0 radical (unpaired) electrons. The molecule has 0 aliphatic heterocycles. The van der Waals surface area contributed by atoms with E-state index in [0.717, 1.165) is 87.5 Å². The number of unbranched alkanes of at least 4 members (excludes halogenated alkanes) is 5. The van der Waals surface area contributed by atoms with E-state index in [1.54, 1.807) is 24.3 Å². The maximum Gasteiger partial charge on any atom is 0.365 e. The number of rotatable bonds is 17. The minimum absolute atomic E-state index is 0.197. The van der Waals surface area contributed by atoms with Crippen molar-refractivity contribution >= 4 is 23.4 Å². The Morgan fingerprint density at radius 3 is 1.60 bits per heavy atom. The fourth-order valence-electron chi connectivity index (χ4n) is 7.00. The lowest BCUT2D eigenvalue weighted by atomic mass is 9.70. The monoisotopic (exact) mass is 670 g/mol. The summed E-state index contributed by atoms with van der Waals surface area (Å²) in [5.41, 5.74) is 9.19. The zero-order valence-electron chi connectivity index (χ0n) is 30.0. The summed E-state index contributed by atoms with van der Waals surface area (Å²) in [6, 6.07) is 31.2. The first-order valence-electron chi connectivity index (χ1n) is 18.4. The highest BCUT2D eigenvalue weighted by Gasteiger charge is 2.42. The molecule has 6 nitrogen and oxygen atoms in total. The Balaban J connectivity index is 1.53. The molecule has 260 valence electrons. The molecule has 0 atom stereocenters. The van der Waals surface area contributed by atoms with E-state index in [9.17, 15) is 9.59 Å². The van der Waals surface area contributed by atoms with E-state index in [2.05, 4.69) is 67.5 Å². The number of oxime groups is 2. The van der Waals surface area contributed by atoms with Gasteiger partial charge in [-0.2, -0.15) is 0 Å². The van der Waals surface area contributed by atoms with Crippen molar-refractivity contribution in [1.82, 2.24) is 0 Å². The molecule has 0 amide bonds. The van der Waals surface area contributed by atoms with Gasteiger partial charge in [-0.15, -0.1) is 0 Å². The van der Waals surface area contributed by atoms with Gasteiger partial charge in [-0.05, 0) is 102 Å². The summed E-state index contributed by atoms with van der Waals surface area (Å²) < 4.78 is 0. The van der Waals surface area contributed by atoms with Crippen LogP contribution in [-0.2, 0) is 15.1 Å². The molecule has 0 fully saturated rings. The van der Waals surface area contributed by atoms with Crippen LogP contribution in [0.3, 0.4) is 0 Å². The average Bonchev–Trinajstić information content (AvgIpc) is 3.43. The predicted molar refractivity (Wildman–Crippen MR) is 203 cm³/mol. The van der Waals surface area contributed by atoms with Crippen LogP contribution in [0.25, 0.3) is 11.1 Å². The molecule has 0 heterocycles. The van der Waals surface area contributed by atoms with E-state index in [0.29, 0.717) is 16.8 Å². The van der Waals surface area contributed by atoms with Gasteiger partial charge in [-0.1, -0.05) is 137 Å². The van der Waals surface area contributed by atoms with Gasteiger partial charge in [0.25, 0.3) is 0 Å². The number of nitrogens with zero attached hydrogens (tertiary/aromatic N) is 2. The van der Waals surface area contributed by atoms with Crippen molar-refractivity contribution in [3.05, 3.63) is 130 Å². The van der Waals surface area contributed by atoms with Crippen molar-refractivity contribution in [3.63, 3.8) is 0 Å². The molecule has 1 aliphatic carbocycles. The fourth-order valence-corrected chi connectivity index (χ4v) is 7.00. The second-order valence-corrected chi connectivity index (χ2v) is 13.3. The van der Waals surface area contributed by atoms with Crippen molar-refractivity contribution in [3.8, 4) is 11.1 Å². The van der Waals surface area contributed by atoms with E-state index in [1.165, 1.54) is 22.3 Å². The van der Waals surface area contributed by atoms with Crippen molar-refractivity contribution in [1.29, 1.82) is 0 Å². The lowest BCUT2D eigenvalue weighted by Gasteiger charge is -2.33. The molecule has 5 rings (SSSR count). The molecular weight excluding hydrogens is 620 g/mol. The van der Waals surface area contributed by atoms with Crippen LogP contribution in [0.2, 0.25) is 0 Å². The lowest BCUT2D eigenvalue weighted by Crippen LogP contribution is -2.26. The molecule has 6 heteroatoms. The summed E-state index contributed by atoms with van der Waals surface area (Å²) in [7, 11) is 0. The molecule has 0 unspecified atom stereocenters. The number of carbonyl (C=O) groups is 2. The third kappa shape index (κ3) is 8.47. The van der Waals surface area contributed by atoms with Gasteiger partial charge in [-0.25, -0.2) is 9.59 Å². The van der Waals surface area contributed by atoms with E-state index in [4.69, 9.17) is 9.68 Å². The molecule has 0 saturated carbocycles. The highest BCUT2D eigenvalue weighted by atomic mass is 16.7. The second kappa shape index (κ2) is 17.7. The molecule has 0 spiro atoms. The van der Waals surface area contributed by atoms with Gasteiger partial charge < -0.3 is 9.68 Å². The zero-order chi connectivity index (χ0) is 35.3. The summed E-state index contributed by atoms with van der Waals surface area (Å²) >= 11 is 0. The molecular formula is C44H50N2O4. The molecule has 0 aromatic heterocycles. The number of fused-ring (bicyclic) bond motifs is 3. The summed E-state index contributed by atoms with van der Waals surface area (Å²) in [5, 5.41) is 8.78. The average molecular weight is 671 g/mol. The molecule has 0 bridgehead atoms. The van der Waals surface area contributed by atoms with Gasteiger partial charge in [0.05, 0.1) is 22.6 Å². The van der Waals surface area contributed by atoms with E-state index in [-0.39, 0.29) is 5.41 Å². The summed E-state index contributed by atoms with van der Waals surface area (Å²) in [6.07, 6.45) is 11.5. The third-order valence-electron chi connectivity index (χ3n) is 9.82. The standard InChI is InChI=1S/C44H50N2O4/c1-5-8-11-18-23-41(46-50-43(48)34-21-16-13-17-22-34)36-25-27-38-37-26-24-35(32(4)45-49-42(47)33-19-14-12-15-20-33)30-39(37)44(28-9-6-2,29-10-7-3)40(38)31-36/h12-17,19-22,24-27,30-31H,5-11,18,23,28-29H2,1-4H3/b45-32+,46-41+. The number of hydrogen-bond donors (Lipinski definition) is 0. The molecule has 0 saturated heterocycles. The van der Waals surface area contributed by atoms with Gasteiger partial charge in [0.1, 0.15) is 0 Å². The normalized spacial score (nSPS) is 13.4. The minimum Gasteiger partial charge on any atom is -0.313 e. The Morgan fingerprint density at radius 2 is 1.06 bits per heavy atom. The first-order valence-corrected chi connectivity index (χ1v) is 18.4. The smallest absolute Gasteiger partial charge is 0.313 e. The fraction of sp³-hybridized carbons (Fsp3) is 0.364. The van der Waals surface area contributed by atoms with E-state index >= 15 is 0 Å². The maximum atomic E-state index is 12.9. The minimum atomic E-state index is -0.479. The number of carbonyl (C=O) groups excluding carboxylic acids is 2. The Morgan fingerprint density at radius 1 is 0.560 bits per heavy atom. The Kier molecular flexibility index (Phi) is 12.9. The first kappa shape index (κ1) is 36.4. The number of hydrogen-bond acceptors (Lipinski definition) is 6. The Bertz CT molecular complexity index is 1800. The molecule has 4 aromatic carbocycles. The van der Waals surface area contributed by atoms with Crippen LogP contribution in [0.4, 0.5) is 0 Å². The lowest BCUT2D eigenvalue weighted by molar-refractivity contribution is 0.0507. The summed E-state index contributed by atoms with van der Waals surface area (Å²) in [5.74, 6) is -0.933. The number of benzene rings is 4. The zero-order valence-corrected chi connectivity index (χ0v) is 30.0. The van der Waals surface area contributed by atoms with Gasteiger partial charge >= 0.3 is 11.9 Å². The van der Waals surface area contributed by atoms with Crippen LogP contribution < -0.4 is 0 Å². The topological polar surface area (TPSA) is 77.3 Å². The SMILES string of the molecule is CCCCCC/C(=N\OC(=O)c1ccccc1)c1ccc2c(c1)C(CCCC)(CCCC)c1cc(/C(C)=N/OC(=O)c3ccccc3)ccc1-2. The van der Waals surface area contributed by atoms with Gasteiger partial charge in [-0.3, -0.25) is 0 Å². The van der Waals surface area contributed by atoms with E-state index in [1.807, 2.05) is 43.3 Å². The van der Waals surface area contributed by atoms with Crippen molar-refractivity contribution in [2.45, 2.75) is 104 Å². The van der Waals surface area contributed by atoms with Crippen molar-refractivity contribution in [2.24, 2.45) is 10.3 Å². The van der Waals surface area contributed by atoms with Crippen LogP contribution in [0.15, 0.2) is 107 Å². The van der Waals surface area contributed by atoms with Crippen LogP contribution in [-0.4, -0.2) is 23.4 Å². The maximum absolute atomic E-state index is 12.9. The highest BCUT2D eigenvalue weighted by Crippen LogP contribution is 2.54. The first-order chi connectivity index (χ1) is 24.4. The van der Waals surface area contributed by atoms with Crippen molar-refractivity contribution in [2.75, 3.05) is 0 Å². The summed E-state index contributed by atoms with van der Waals surface area (Å²) in [4.78, 5) is 36.5. The second-order valence-electron chi connectivity index (χ2n) is 13.3. The molecule has 4 aromatic rings. The molecule has 0 N–H and O–H groups in total. The Hall–Kier alpha value is -4.84. The molecule has 50 heavy (non-hydrogen) atoms. The Labute approximate surface area is 297 Å². The van der Waals surface area contributed by atoms with Crippen LogP contribution in [0.1, 0.15) is 141 Å².